The Bertz CT molecular complexity index is 1000. The minimum absolute atomic E-state index is 0.136. The largest absolute Gasteiger partial charge is 0.573 e. The normalized spacial score (nSPS) is 18.5. The minimum atomic E-state index is -4.81. The lowest BCUT2D eigenvalue weighted by Gasteiger charge is -2.19. The average molecular weight is 428 g/mol. The number of hydrogen-bond donors (Lipinski definition) is 2. The first-order valence-corrected chi connectivity index (χ1v) is 9.57. The molecule has 0 unspecified atom stereocenters. The van der Waals surface area contributed by atoms with Crippen LogP contribution in [-0.4, -0.2) is 46.2 Å². The van der Waals surface area contributed by atoms with E-state index < -0.39 is 42.0 Å². The van der Waals surface area contributed by atoms with Crippen LogP contribution in [0.15, 0.2) is 18.2 Å². The van der Waals surface area contributed by atoms with E-state index >= 15 is 0 Å². The van der Waals surface area contributed by atoms with Crippen LogP contribution in [0.5, 0.6) is 5.75 Å². The first-order chi connectivity index (χ1) is 13.7. The zero-order valence-corrected chi connectivity index (χ0v) is 15.7. The number of ether oxygens (including phenoxy) is 1. The highest BCUT2D eigenvalue weighted by Gasteiger charge is 2.52. The van der Waals surface area contributed by atoms with E-state index in [1.54, 1.807) is 0 Å². The molecule has 1 saturated heterocycles. The van der Waals surface area contributed by atoms with E-state index in [-0.39, 0.29) is 5.13 Å². The SMILES string of the molecule is O=C(CN1C(=O)NC2(CCCC2)C1=O)Nc1nc2ccc(OC(F)(F)F)cc2s1. The van der Waals surface area contributed by atoms with Crippen molar-refractivity contribution in [2.45, 2.75) is 37.6 Å². The third-order valence-corrected chi connectivity index (χ3v) is 5.78. The van der Waals surface area contributed by atoms with E-state index in [1.807, 2.05) is 0 Å². The number of fused-ring (bicyclic) bond motifs is 1. The molecule has 1 spiro atoms. The second kappa shape index (κ2) is 6.87. The summed E-state index contributed by atoms with van der Waals surface area (Å²) < 4.78 is 41.2. The maximum Gasteiger partial charge on any atom is 0.573 e. The number of alkyl halides is 3. The number of thiazole rings is 1. The number of nitrogens with zero attached hydrogens (tertiary/aromatic N) is 2. The number of imide groups is 1. The predicted molar refractivity (Wildman–Crippen MR) is 96.4 cm³/mol. The summed E-state index contributed by atoms with van der Waals surface area (Å²) in [5, 5.41) is 5.30. The molecule has 4 amide bonds. The molecule has 29 heavy (non-hydrogen) atoms. The summed E-state index contributed by atoms with van der Waals surface area (Å²) in [6.45, 7) is -0.467. The molecule has 0 atom stereocenters. The van der Waals surface area contributed by atoms with Gasteiger partial charge in [0.25, 0.3) is 5.91 Å². The highest BCUT2D eigenvalue weighted by molar-refractivity contribution is 7.22. The van der Waals surface area contributed by atoms with E-state index in [2.05, 4.69) is 20.4 Å². The topological polar surface area (TPSA) is 101 Å². The van der Waals surface area contributed by atoms with Gasteiger partial charge in [-0.15, -0.1) is 13.2 Å². The molecule has 1 aromatic carbocycles. The molecule has 154 valence electrons. The smallest absolute Gasteiger partial charge is 0.406 e. The Kier molecular flexibility index (Phi) is 4.60. The lowest BCUT2D eigenvalue weighted by molar-refractivity contribution is -0.274. The molecular formula is C17H15F3N4O4S. The predicted octanol–water partition coefficient (Wildman–Crippen LogP) is 3.00. The van der Waals surface area contributed by atoms with Gasteiger partial charge in [0.1, 0.15) is 17.8 Å². The first kappa shape index (κ1) is 19.4. The van der Waals surface area contributed by atoms with E-state index in [0.717, 1.165) is 41.2 Å². The molecule has 2 fully saturated rings. The van der Waals surface area contributed by atoms with Crippen LogP contribution >= 0.6 is 11.3 Å². The van der Waals surface area contributed by atoms with E-state index in [9.17, 15) is 27.6 Å². The number of amides is 4. The average Bonchev–Trinajstić information content (AvgIpc) is 3.29. The van der Waals surface area contributed by atoms with Crippen molar-refractivity contribution in [3.8, 4) is 5.75 Å². The quantitative estimate of drug-likeness (QED) is 0.730. The fourth-order valence-corrected chi connectivity index (χ4v) is 4.51. The molecular weight excluding hydrogens is 413 g/mol. The van der Waals surface area contributed by atoms with Crippen LogP contribution in [0.3, 0.4) is 0 Å². The number of rotatable bonds is 4. The van der Waals surface area contributed by atoms with Crippen molar-refractivity contribution in [3.63, 3.8) is 0 Å². The molecule has 1 saturated carbocycles. The maximum absolute atomic E-state index is 12.6. The Hall–Kier alpha value is -2.89. The maximum atomic E-state index is 12.6. The molecule has 0 bridgehead atoms. The van der Waals surface area contributed by atoms with Crippen molar-refractivity contribution in [1.82, 2.24) is 15.2 Å². The number of nitrogens with one attached hydrogen (secondary N) is 2. The summed E-state index contributed by atoms with van der Waals surface area (Å²) >= 11 is 0.950. The Morgan fingerprint density at radius 2 is 2.03 bits per heavy atom. The van der Waals surface area contributed by atoms with Gasteiger partial charge in [0, 0.05) is 6.07 Å². The van der Waals surface area contributed by atoms with Crippen LogP contribution < -0.4 is 15.4 Å². The highest BCUT2D eigenvalue weighted by atomic mass is 32.1. The number of anilines is 1. The Morgan fingerprint density at radius 1 is 1.31 bits per heavy atom. The van der Waals surface area contributed by atoms with Gasteiger partial charge in [0.15, 0.2) is 5.13 Å². The number of halogens is 3. The third-order valence-electron chi connectivity index (χ3n) is 4.84. The van der Waals surface area contributed by atoms with Gasteiger partial charge in [-0.3, -0.25) is 14.5 Å². The highest BCUT2D eigenvalue weighted by Crippen LogP contribution is 2.35. The zero-order chi connectivity index (χ0) is 20.8. The number of benzene rings is 1. The molecule has 2 aliphatic rings. The van der Waals surface area contributed by atoms with Crippen LogP contribution in [0.2, 0.25) is 0 Å². The molecule has 1 aliphatic carbocycles. The lowest BCUT2D eigenvalue weighted by atomic mass is 9.98. The van der Waals surface area contributed by atoms with Gasteiger partial charge >= 0.3 is 12.4 Å². The standard InChI is InChI=1S/C17H15F3N4O4S/c18-17(19,20)28-9-3-4-10-11(7-9)29-14(21-10)22-12(25)8-24-13(26)16(23-15(24)27)5-1-2-6-16/h3-4,7H,1-2,5-6,8H2,(H,23,27)(H,21,22,25). The summed E-state index contributed by atoms with van der Waals surface area (Å²) in [4.78, 5) is 42.0. The van der Waals surface area contributed by atoms with Gasteiger partial charge in [-0.05, 0) is 25.0 Å². The molecule has 1 aliphatic heterocycles. The lowest BCUT2D eigenvalue weighted by Crippen LogP contribution is -2.44. The third kappa shape index (κ3) is 3.84. The van der Waals surface area contributed by atoms with Gasteiger partial charge in [-0.2, -0.15) is 0 Å². The van der Waals surface area contributed by atoms with Crippen molar-refractivity contribution in [3.05, 3.63) is 18.2 Å². The summed E-state index contributed by atoms with van der Waals surface area (Å²) in [7, 11) is 0. The van der Waals surface area contributed by atoms with Crippen LogP contribution in [-0.2, 0) is 9.59 Å². The van der Waals surface area contributed by atoms with Crippen molar-refractivity contribution >= 4 is 44.5 Å². The van der Waals surface area contributed by atoms with E-state index in [0.29, 0.717) is 23.1 Å². The molecule has 12 heteroatoms. The van der Waals surface area contributed by atoms with Gasteiger partial charge in [-0.25, -0.2) is 9.78 Å². The summed E-state index contributed by atoms with van der Waals surface area (Å²) in [6, 6.07) is 3.02. The van der Waals surface area contributed by atoms with E-state index in [4.69, 9.17) is 0 Å². The van der Waals surface area contributed by atoms with Crippen LogP contribution in [0.1, 0.15) is 25.7 Å². The monoisotopic (exact) mass is 428 g/mol. The molecule has 2 N–H and O–H groups in total. The zero-order valence-electron chi connectivity index (χ0n) is 14.8. The van der Waals surface area contributed by atoms with Crippen LogP contribution in [0, 0.1) is 0 Å². The van der Waals surface area contributed by atoms with Crippen LogP contribution in [0.4, 0.5) is 23.1 Å². The summed E-state index contributed by atoms with van der Waals surface area (Å²) in [5.41, 5.74) is -0.526. The molecule has 8 nitrogen and oxygen atoms in total. The molecule has 2 aromatic rings. The number of carbonyl (C=O) groups is 3. The van der Waals surface area contributed by atoms with Gasteiger partial charge in [0.05, 0.1) is 10.2 Å². The van der Waals surface area contributed by atoms with Gasteiger partial charge < -0.3 is 15.4 Å². The van der Waals surface area contributed by atoms with Crippen molar-refractivity contribution in [2.24, 2.45) is 0 Å². The Morgan fingerprint density at radius 3 is 2.72 bits per heavy atom. The number of carbonyl (C=O) groups excluding carboxylic acids is 3. The number of urea groups is 1. The fourth-order valence-electron chi connectivity index (χ4n) is 3.60. The molecule has 4 rings (SSSR count). The fraction of sp³-hybridized carbons (Fsp3) is 0.412. The second-order valence-corrected chi connectivity index (χ2v) is 7.89. The van der Waals surface area contributed by atoms with Crippen molar-refractivity contribution in [2.75, 3.05) is 11.9 Å². The number of hydrogen-bond acceptors (Lipinski definition) is 6. The minimum Gasteiger partial charge on any atom is -0.406 e. The Labute approximate surface area is 166 Å². The summed E-state index contributed by atoms with van der Waals surface area (Å²) in [6.07, 6.45) is -2.05. The summed E-state index contributed by atoms with van der Waals surface area (Å²) in [5.74, 6) is -1.43. The molecule has 0 radical (unpaired) electrons. The first-order valence-electron chi connectivity index (χ1n) is 8.76. The van der Waals surface area contributed by atoms with Crippen LogP contribution in [0.25, 0.3) is 10.2 Å². The van der Waals surface area contributed by atoms with Gasteiger partial charge in [0.2, 0.25) is 5.91 Å². The van der Waals surface area contributed by atoms with E-state index in [1.165, 1.54) is 6.07 Å². The second-order valence-electron chi connectivity index (χ2n) is 6.86. The molecule has 2 heterocycles. The van der Waals surface area contributed by atoms with Gasteiger partial charge in [-0.1, -0.05) is 24.2 Å². The van der Waals surface area contributed by atoms with Crippen molar-refractivity contribution in [1.29, 1.82) is 0 Å². The Balaban J connectivity index is 1.44. The number of aromatic nitrogens is 1. The van der Waals surface area contributed by atoms with Crippen molar-refractivity contribution < 1.29 is 32.3 Å². The molecule has 1 aromatic heterocycles.